The van der Waals surface area contributed by atoms with Crippen LogP contribution >= 0.6 is 15.9 Å². The van der Waals surface area contributed by atoms with Gasteiger partial charge in [-0.2, -0.15) is 13.5 Å². The number of rotatable bonds is 3. The fourth-order valence-corrected chi connectivity index (χ4v) is 2.48. The van der Waals surface area contributed by atoms with Gasteiger partial charge in [0.05, 0.1) is 11.9 Å². The average molecular weight is 320 g/mol. The van der Waals surface area contributed by atoms with Crippen LogP contribution in [0.25, 0.3) is 0 Å². The second-order valence-electron chi connectivity index (χ2n) is 3.15. The Hall–Kier alpha value is -1.41. The normalized spacial score (nSPS) is 11.4. The van der Waals surface area contributed by atoms with Crippen LogP contribution in [-0.4, -0.2) is 18.6 Å². The fraction of sp³-hybridized carbons (Fsp3) is 0. The third-order valence-electron chi connectivity index (χ3n) is 1.94. The van der Waals surface area contributed by atoms with E-state index in [1.54, 1.807) is 0 Å². The molecule has 2 N–H and O–H groups in total. The van der Waals surface area contributed by atoms with Gasteiger partial charge in [-0.05, 0) is 24.3 Å². The Morgan fingerprint density at radius 3 is 2.71 bits per heavy atom. The number of nitrogens with zero attached hydrogens (tertiary/aromatic N) is 1. The maximum atomic E-state index is 13.4. The lowest BCUT2D eigenvalue weighted by Gasteiger charge is -2.07. The SMILES string of the molecule is O=S(=O)(Nc1ccc(Br)cc1F)c1ccn[nH]1. The first kappa shape index (κ1) is 12.1. The molecule has 0 saturated carbocycles. The van der Waals surface area contributed by atoms with E-state index in [9.17, 15) is 12.8 Å². The quantitative estimate of drug-likeness (QED) is 0.909. The molecule has 0 radical (unpaired) electrons. The Kier molecular flexibility index (Phi) is 3.16. The molecule has 0 bridgehead atoms. The van der Waals surface area contributed by atoms with Crippen LogP contribution in [0.15, 0.2) is 40.0 Å². The standard InChI is InChI=1S/C9H7BrFN3O2S/c10-6-1-2-8(7(11)5-6)14-17(15,16)9-3-4-12-13-9/h1-5,14H,(H,12,13). The molecule has 90 valence electrons. The number of benzene rings is 1. The van der Waals surface area contributed by atoms with E-state index in [1.165, 1.54) is 30.5 Å². The van der Waals surface area contributed by atoms with Gasteiger partial charge in [-0.15, -0.1) is 0 Å². The molecule has 0 unspecified atom stereocenters. The highest BCUT2D eigenvalue weighted by molar-refractivity contribution is 9.10. The van der Waals surface area contributed by atoms with Crippen molar-refractivity contribution in [2.45, 2.75) is 5.03 Å². The van der Waals surface area contributed by atoms with Gasteiger partial charge in [0.25, 0.3) is 10.0 Å². The number of nitrogens with one attached hydrogen (secondary N) is 2. The summed E-state index contributed by atoms with van der Waals surface area (Å²) in [4.78, 5) is 0. The van der Waals surface area contributed by atoms with Gasteiger partial charge in [0.1, 0.15) is 5.82 Å². The molecule has 0 amide bonds. The Morgan fingerprint density at radius 1 is 1.35 bits per heavy atom. The number of hydrogen-bond donors (Lipinski definition) is 2. The summed E-state index contributed by atoms with van der Waals surface area (Å²) < 4.78 is 39.6. The van der Waals surface area contributed by atoms with Gasteiger partial charge in [0.2, 0.25) is 0 Å². The van der Waals surface area contributed by atoms with Gasteiger partial charge in [-0.25, -0.2) is 4.39 Å². The first-order valence-electron chi connectivity index (χ1n) is 4.46. The summed E-state index contributed by atoms with van der Waals surface area (Å²) in [5.41, 5.74) is -0.122. The zero-order valence-electron chi connectivity index (χ0n) is 8.31. The third-order valence-corrected chi connectivity index (χ3v) is 3.73. The first-order chi connectivity index (χ1) is 7.99. The maximum Gasteiger partial charge on any atom is 0.278 e. The topological polar surface area (TPSA) is 74.8 Å². The number of hydrogen-bond acceptors (Lipinski definition) is 3. The lowest BCUT2D eigenvalue weighted by atomic mass is 10.3. The van der Waals surface area contributed by atoms with Crippen LogP contribution in [0, 0.1) is 5.82 Å². The Morgan fingerprint density at radius 2 is 2.12 bits per heavy atom. The molecule has 0 spiro atoms. The zero-order valence-corrected chi connectivity index (χ0v) is 10.7. The lowest BCUT2D eigenvalue weighted by molar-refractivity contribution is 0.594. The summed E-state index contributed by atoms with van der Waals surface area (Å²) >= 11 is 3.08. The lowest BCUT2D eigenvalue weighted by Crippen LogP contribution is -2.14. The predicted octanol–water partition coefficient (Wildman–Crippen LogP) is 2.11. The van der Waals surface area contributed by atoms with Crippen molar-refractivity contribution in [2.24, 2.45) is 0 Å². The molecular weight excluding hydrogens is 313 g/mol. The largest absolute Gasteiger partial charge is 0.278 e. The van der Waals surface area contributed by atoms with Crippen LogP contribution in [0.5, 0.6) is 0 Å². The van der Waals surface area contributed by atoms with Gasteiger partial charge in [-0.3, -0.25) is 9.82 Å². The fourth-order valence-electron chi connectivity index (χ4n) is 1.16. The summed E-state index contributed by atoms with van der Waals surface area (Å²) in [5.74, 6) is -0.664. The van der Waals surface area contributed by atoms with Crippen LogP contribution in [0.1, 0.15) is 0 Å². The summed E-state index contributed by atoms with van der Waals surface area (Å²) in [6, 6.07) is 5.31. The van der Waals surface area contributed by atoms with Gasteiger partial charge in [0, 0.05) is 4.47 Å². The molecule has 0 aliphatic rings. The molecular formula is C9H7BrFN3O2S. The highest BCUT2D eigenvalue weighted by atomic mass is 79.9. The highest BCUT2D eigenvalue weighted by Crippen LogP contribution is 2.21. The monoisotopic (exact) mass is 319 g/mol. The van der Waals surface area contributed by atoms with E-state index in [-0.39, 0.29) is 10.7 Å². The average Bonchev–Trinajstić information content (AvgIpc) is 2.76. The van der Waals surface area contributed by atoms with Crippen molar-refractivity contribution >= 4 is 31.6 Å². The predicted molar refractivity (Wildman–Crippen MR) is 63.5 cm³/mol. The summed E-state index contributed by atoms with van der Waals surface area (Å²) in [5, 5.41) is 5.69. The van der Waals surface area contributed by atoms with Crippen LogP contribution in [0.4, 0.5) is 10.1 Å². The summed E-state index contributed by atoms with van der Waals surface area (Å²) in [6.45, 7) is 0. The molecule has 2 rings (SSSR count). The zero-order chi connectivity index (χ0) is 12.5. The second-order valence-corrected chi connectivity index (χ2v) is 5.72. The van der Waals surface area contributed by atoms with E-state index < -0.39 is 15.8 Å². The minimum atomic E-state index is -3.83. The van der Waals surface area contributed by atoms with E-state index in [2.05, 4.69) is 30.8 Å². The van der Waals surface area contributed by atoms with Crippen LogP contribution in [-0.2, 0) is 10.0 Å². The van der Waals surface area contributed by atoms with E-state index >= 15 is 0 Å². The number of aromatic amines is 1. The van der Waals surface area contributed by atoms with E-state index in [0.29, 0.717) is 4.47 Å². The highest BCUT2D eigenvalue weighted by Gasteiger charge is 2.17. The Balaban J connectivity index is 2.33. The van der Waals surface area contributed by atoms with Crippen molar-refractivity contribution in [1.29, 1.82) is 0 Å². The van der Waals surface area contributed by atoms with E-state index in [4.69, 9.17) is 0 Å². The van der Waals surface area contributed by atoms with Crippen LogP contribution in [0.3, 0.4) is 0 Å². The third kappa shape index (κ3) is 2.64. The molecule has 0 fully saturated rings. The van der Waals surface area contributed by atoms with Gasteiger partial charge in [-0.1, -0.05) is 15.9 Å². The minimum Gasteiger partial charge on any atom is -0.275 e. The Bertz CT molecular complexity index is 628. The van der Waals surface area contributed by atoms with Crippen molar-refractivity contribution in [3.8, 4) is 0 Å². The molecule has 1 aromatic heterocycles. The van der Waals surface area contributed by atoms with Crippen LogP contribution in [0.2, 0.25) is 0 Å². The molecule has 1 aromatic carbocycles. The minimum absolute atomic E-state index is 0.122. The molecule has 8 heteroatoms. The molecule has 0 aliphatic carbocycles. The van der Waals surface area contributed by atoms with Crippen LogP contribution < -0.4 is 4.72 Å². The van der Waals surface area contributed by atoms with Crippen molar-refractivity contribution in [2.75, 3.05) is 4.72 Å². The summed E-state index contributed by atoms with van der Waals surface area (Å²) in [6.07, 6.45) is 1.30. The van der Waals surface area contributed by atoms with E-state index in [0.717, 1.165) is 0 Å². The number of aromatic nitrogens is 2. The van der Waals surface area contributed by atoms with E-state index in [1.807, 2.05) is 0 Å². The van der Waals surface area contributed by atoms with Gasteiger partial charge >= 0.3 is 0 Å². The molecule has 0 atom stereocenters. The number of sulfonamides is 1. The smallest absolute Gasteiger partial charge is 0.275 e. The van der Waals surface area contributed by atoms with Crippen molar-refractivity contribution in [3.63, 3.8) is 0 Å². The summed E-state index contributed by atoms with van der Waals surface area (Å²) in [7, 11) is -3.83. The number of H-pyrrole nitrogens is 1. The van der Waals surface area contributed by atoms with Gasteiger partial charge < -0.3 is 0 Å². The Labute approximate surface area is 105 Å². The molecule has 5 nitrogen and oxygen atoms in total. The molecule has 0 aliphatic heterocycles. The maximum absolute atomic E-state index is 13.4. The number of halogens is 2. The first-order valence-corrected chi connectivity index (χ1v) is 6.74. The molecule has 2 aromatic rings. The molecule has 1 heterocycles. The van der Waals surface area contributed by atoms with Gasteiger partial charge in [0.15, 0.2) is 5.03 Å². The molecule has 0 saturated heterocycles. The van der Waals surface area contributed by atoms with Crippen molar-refractivity contribution in [3.05, 3.63) is 40.8 Å². The number of anilines is 1. The second kappa shape index (κ2) is 4.46. The van der Waals surface area contributed by atoms with Crippen molar-refractivity contribution in [1.82, 2.24) is 10.2 Å². The van der Waals surface area contributed by atoms with Crippen molar-refractivity contribution < 1.29 is 12.8 Å². The molecule has 17 heavy (non-hydrogen) atoms.